The van der Waals surface area contributed by atoms with Gasteiger partial charge in [0.1, 0.15) is 4.38 Å². The van der Waals surface area contributed by atoms with Crippen LogP contribution < -0.4 is 0 Å². The summed E-state index contributed by atoms with van der Waals surface area (Å²) in [7, 11) is 0. The fourth-order valence-corrected chi connectivity index (χ4v) is 2.33. The van der Waals surface area contributed by atoms with Crippen molar-refractivity contribution >= 4 is 33.8 Å². The Balaban J connectivity index is 2.57. The van der Waals surface area contributed by atoms with Gasteiger partial charge in [-0.2, -0.15) is 4.99 Å². The molecule has 0 aliphatic carbocycles. The van der Waals surface area contributed by atoms with Crippen molar-refractivity contribution in [2.45, 2.75) is 18.6 Å². The Kier molecular flexibility index (Phi) is 2.80. The van der Waals surface area contributed by atoms with Crippen LogP contribution in [0.4, 0.5) is 0 Å². The maximum atomic E-state index is 11.0. The lowest BCUT2D eigenvalue weighted by Gasteiger charge is -1.98. The van der Waals surface area contributed by atoms with Gasteiger partial charge in [-0.15, -0.1) is 11.8 Å². The standard InChI is InChI=1S/C6H9NOS2/c1-3-4-5(8)7-6(9-2)10-4/h4H,3H2,1-2H3. The van der Waals surface area contributed by atoms with Crippen LogP contribution >= 0.6 is 23.5 Å². The van der Waals surface area contributed by atoms with E-state index in [4.69, 9.17) is 0 Å². The minimum atomic E-state index is 0.0388. The van der Waals surface area contributed by atoms with Crippen LogP contribution in [0, 0.1) is 0 Å². The number of aliphatic imine (C=N–C) groups is 1. The van der Waals surface area contributed by atoms with Crippen LogP contribution in [-0.2, 0) is 4.79 Å². The molecule has 1 aliphatic heterocycles. The highest BCUT2D eigenvalue weighted by Gasteiger charge is 2.25. The van der Waals surface area contributed by atoms with E-state index in [0.29, 0.717) is 0 Å². The molecule has 56 valence electrons. The van der Waals surface area contributed by atoms with Gasteiger partial charge < -0.3 is 0 Å². The molecule has 0 N–H and O–H groups in total. The summed E-state index contributed by atoms with van der Waals surface area (Å²) < 4.78 is 0.914. The predicted octanol–water partition coefficient (Wildman–Crippen LogP) is 1.76. The number of rotatable bonds is 1. The molecule has 0 spiro atoms. The highest BCUT2D eigenvalue weighted by molar-refractivity contribution is 8.39. The van der Waals surface area contributed by atoms with E-state index in [-0.39, 0.29) is 11.2 Å². The van der Waals surface area contributed by atoms with Crippen molar-refractivity contribution in [3.8, 4) is 0 Å². The number of hydrogen-bond donors (Lipinski definition) is 0. The summed E-state index contributed by atoms with van der Waals surface area (Å²) in [6, 6.07) is 0. The molecule has 0 saturated heterocycles. The van der Waals surface area contributed by atoms with Gasteiger partial charge in [0.2, 0.25) is 0 Å². The number of amides is 1. The highest BCUT2D eigenvalue weighted by Crippen LogP contribution is 2.29. The second kappa shape index (κ2) is 3.44. The molecule has 0 aromatic carbocycles. The monoisotopic (exact) mass is 175 g/mol. The van der Waals surface area contributed by atoms with E-state index in [2.05, 4.69) is 4.99 Å². The van der Waals surface area contributed by atoms with Crippen molar-refractivity contribution < 1.29 is 4.79 Å². The fourth-order valence-electron chi connectivity index (χ4n) is 0.712. The molecule has 10 heavy (non-hydrogen) atoms. The summed E-state index contributed by atoms with van der Waals surface area (Å²) in [4.78, 5) is 14.8. The van der Waals surface area contributed by atoms with E-state index in [9.17, 15) is 4.79 Å². The van der Waals surface area contributed by atoms with Crippen molar-refractivity contribution in [1.82, 2.24) is 0 Å². The Morgan fingerprint density at radius 3 is 2.80 bits per heavy atom. The lowest BCUT2D eigenvalue weighted by molar-refractivity contribution is -0.117. The smallest absolute Gasteiger partial charge is 0.260 e. The first-order valence-electron chi connectivity index (χ1n) is 3.11. The first-order valence-corrected chi connectivity index (χ1v) is 5.21. The van der Waals surface area contributed by atoms with Gasteiger partial charge >= 0.3 is 0 Å². The predicted molar refractivity (Wildman–Crippen MR) is 47.6 cm³/mol. The van der Waals surface area contributed by atoms with Gasteiger partial charge in [0.25, 0.3) is 5.91 Å². The molecule has 0 radical (unpaired) electrons. The summed E-state index contributed by atoms with van der Waals surface area (Å²) in [5.41, 5.74) is 0. The number of carbonyl (C=O) groups excluding carboxylic acids is 1. The first-order chi connectivity index (χ1) is 4.77. The molecular weight excluding hydrogens is 166 g/mol. The largest absolute Gasteiger partial charge is 0.271 e. The third kappa shape index (κ3) is 1.55. The second-order valence-corrected chi connectivity index (χ2v) is 4.18. The summed E-state index contributed by atoms with van der Waals surface area (Å²) >= 11 is 3.13. The zero-order valence-electron chi connectivity index (χ0n) is 5.96. The lowest BCUT2D eigenvalue weighted by Crippen LogP contribution is -2.07. The van der Waals surface area contributed by atoms with Gasteiger partial charge in [0.05, 0.1) is 5.25 Å². The van der Waals surface area contributed by atoms with E-state index in [1.54, 1.807) is 23.5 Å². The van der Waals surface area contributed by atoms with Crippen LogP contribution in [-0.4, -0.2) is 21.8 Å². The molecule has 4 heteroatoms. The van der Waals surface area contributed by atoms with E-state index < -0.39 is 0 Å². The summed E-state index contributed by atoms with van der Waals surface area (Å²) in [5.74, 6) is 0.0388. The summed E-state index contributed by atoms with van der Waals surface area (Å²) in [6.45, 7) is 2.01. The SMILES string of the molecule is CCC1SC(SC)=NC1=O. The Morgan fingerprint density at radius 1 is 1.80 bits per heavy atom. The molecule has 1 rings (SSSR count). The van der Waals surface area contributed by atoms with Crippen molar-refractivity contribution in [3.05, 3.63) is 0 Å². The molecule has 0 bridgehead atoms. The molecule has 0 aromatic rings. The van der Waals surface area contributed by atoms with Crippen LogP contribution in [0.3, 0.4) is 0 Å². The molecule has 2 nitrogen and oxygen atoms in total. The topological polar surface area (TPSA) is 29.4 Å². The fraction of sp³-hybridized carbons (Fsp3) is 0.667. The Bertz CT molecular complexity index is 179. The van der Waals surface area contributed by atoms with Crippen LogP contribution in [0.2, 0.25) is 0 Å². The van der Waals surface area contributed by atoms with Gasteiger partial charge in [0, 0.05) is 0 Å². The van der Waals surface area contributed by atoms with Crippen LogP contribution in [0.15, 0.2) is 4.99 Å². The van der Waals surface area contributed by atoms with Gasteiger partial charge in [-0.05, 0) is 12.7 Å². The second-order valence-electron chi connectivity index (χ2n) is 1.93. The molecule has 0 saturated carbocycles. The molecule has 1 unspecified atom stereocenters. The number of thioether (sulfide) groups is 2. The van der Waals surface area contributed by atoms with Crippen molar-refractivity contribution in [2.75, 3.05) is 6.26 Å². The van der Waals surface area contributed by atoms with Gasteiger partial charge in [0.15, 0.2) is 0 Å². The Morgan fingerprint density at radius 2 is 2.50 bits per heavy atom. The van der Waals surface area contributed by atoms with E-state index in [1.165, 1.54) is 0 Å². The quantitative estimate of drug-likeness (QED) is 0.608. The zero-order valence-corrected chi connectivity index (χ0v) is 7.59. The zero-order chi connectivity index (χ0) is 7.56. The van der Waals surface area contributed by atoms with Crippen LogP contribution in [0.1, 0.15) is 13.3 Å². The van der Waals surface area contributed by atoms with Crippen LogP contribution in [0.25, 0.3) is 0 Å². The lowest BCUT2D eigenvalue weighted by atomic mass is 10.3. The Labute approximate surface area is 68.9 Å². The van der Waals surface area contributed by atoms with E-state index >= 15 is 0 Å². The molecule has 1 amide bonds. The number of carbonyl (C=O) groups is 1. The molecule has 1 aliphatic rings. The van der Waals surface area contributed by atoms with E-state index in [0.717, 1.165) is 10.8 Å². The average Bonchev–Trinajstić information content (AvgIpc) is 2.30. The van der Waals surface area contributed by atoms with Gasteiger partial charge in [-0.1, -0.05) is 18.7 Å². The van der Waals surface area contributed by atoms with Crippen molar-refractivity contribution in [1.29, 1.82) is 0 Å². The molecule has 1 atom stereocenters. The number of nitrogens with zero attached hydrogens (tertiary/aromatic N) is 1. The maximum absolute atomic E-state index is 11.0. The van der Waals surface area contributed by atoms with Gasteiger partial charge in [-0.3, -0.25) is 4.79 Å². The van der Waals surface area contributed by atoms with E-state index in [1.807, 2.05) is 13.2 Å². The minimum Gasteiger partial charge on any atom is -0.271 e. The van der Waals surface area contributed by atoms with Crippen LogP contribution in [0.5, 0.6) is 0 Å². The first kappa shape index (κ1) is 8.14. The Hall–Kier alpha value is 0.0400. The molecule has 1 heterocycles. The van der Waals surface area contributed by atoms with Crippen molar-refractivity contribution in [2.24, 2.45) is 4.99 Å². The summed E-state index contributed by atoms with van der Waals surface area (Å²) in [6.07, 6.45) is 2.83. The maximum Gasteiger partial charge on any atom is 0.260 e. The molecule has 0 aromatic heterocycles. The average molecular weight is 175 g/mol. The summed E-state index contributed by atoms with van der Waals surface area (Å²) in [5, 5.41) is 0.0995. The van der Waals surface area contributed by atoms with Gasteiger partial charge in [-0.25, -0.2) is 0 Å². The number of hydrogen-bond acceptors (Lipinski definition) is 3. The minimum absolute atomic E-state index is 0.0388. The molecule has 0 fully saturated rings. The van der Waals surface area contributed by atoms with Crippen molar-refractivity contribution in [3.63, 3.8) is 0 Å². The normalized spacial score (nSPS) is 25.2. The third-order valence-electron chi connectivity index (χ3n) is 1.27. The third-order valence-corrected chi connectivity index (χ3v) is 3.61. The highest BCUT2D eigenvalue weighted by atomic mass is 32.2. The molecular formula is C6H9NOS2.